The van der Waals surface area contributed by atoms with Crippen molar-refractivity contribution < 1.29 is 32.2 Å². The van der Waals surface area contributed by atoms with E-state index in [1.165, 1.54) is 6.07 Å². The number of aromatic nitrogens is 1. The van der Waals surface area contributed by atoms with E-state index in [9.17, 15) is 18.0 Å². The number of halogens is 3. The molecule has 1 aromatic heterocycles. The van der Waals surface area contributed by atoms with Crippen molar-refractivity contribution in [2.24, 2.45) is 5.92 Å². The fourth-order valence-electron chi connectivity index (χ4n) is 4.64. The molecule has 3 rings (SSSR count). The Kier molecular flexibility index (Phi) is 9.74. The van der Waals surface area contributed by atoms with Gasteiger partial charge >= 0.3 is 12.3 Å². The largest absolute Gasteiger partial charge is 0.491 e. The summed E-state index contributed by atoms with van der Waals surface area (Å²) in [5.74, 6) is 0.418. The molecule has 2 aromatic rings. The Morgan fingerprint density at radius 1 is 1.13 bits per heavy atom. The van der Waals surface area contributed by atoms with Gasteiger partial charge in [0.2, 0.25) is 0 Å². The fraction of sp³-hybridized carbons (Fsp3) is 0.586. The lowest BCUT2D eigenvalue weighted by atomic mass is 9.91. The predicted molar refractivity (Wildman–Crippen MR) is 145 cm³/mol. The Hall–Kier alpha value is -3.01. The molecule has 1 saturated heterocycles. The first kappa shape index (κ1) is 30.5. The molecule has 1 aliphatic rings. The summed E-state index contributed by atoms with van der Waals surface area (Å²) < 4.78 is 59.0. The topological polar surface area (TPSA) is 81.7 Å². The van der Waals surface area contributed by atoms with Crippen molar-refractivity contribution in [3.8, 4) is 16.9 Å². The van der Waals surface area contributed by atoms with Crippen LogP contribution in [0.1, 0.15) is 66.4 Å². The van der Waals surface area contributed by atoms with Gasteiger partial charge in [-0.2, -0.15) is 13.2 Å². The zero-order valence-electron chi connectivity index (χ0n) is 23.6. The normalized spacial score (nSPS) is 17.8. The molecule has 216 valence electrons. The zero-order valence-corrected chi connectivity index (χ0v) is 23.6. The van der Waals surface area contributed by atoms with E-state index in [1.54, 1.807) is 52.1 Å². The molecule has 0 saturated carbocycles. The van der Waals surface area contributed by atoms with E-state index >= 15 is 0 Å². The maximum Gasteiger partial charge on any atom is 0.419 e. The van der Waals surface area contributed by atoms with E-state index in [1.807, 2.05) is 13.8 Å². The Balaban J connectivity index is 1.82. The van der Waals surface area contributed by atoms with Gasteiger partial charge in [0.25, 0.3) is 0 Å². The molecule has 1 unspecified atom stereocenters. The molecule has 1 amide bonds. The lowest BCUT2D eigenvalue weighted by Crippen LogP contribution is -2.52. The summed E-state index contributed by atoms with van der Waals surface area (Å²) in [6.07, 6.45) is -1.37. The average molecular weight is 552 g/mol. The Bertz CT molecular complexity index is 1110. The Morgan fingerprint density at radius 3 is 2.46 bits per heavy atom. The molecule has 1 fully saturated rings. The number of carbonyl (C=O) groups is 1. The van der Waals surface area contributed by atoms with Crippen LogP contribution < -0.4 is 15.4 Å². The second kappa shape index (κ2) is 12.4. The minimum Gasteiger partial charge on any atom is -0.491 e. The third-order valence-electron chi connectivity index (χ3n) is 6.10. The first-order valence-electron chi connectivity index (χ1n) is 13.3. The van der Waals surface area contributed by atoms with Gasteiger partial charge in [0.05, 0.1) is 23.8 Å². The minimum absolute atomic E-state index is 0.109. The number of carbonyl (C=O) groups excluding carboxylic acids is 1. The molecule has 0 radical (unpaired) electrons. The second-order valence-corrected chi connectivity index (χ2v) is 11.8. The predicted octanol–water partition coefficient (Wildman–Crippen LogP) is 7.07. The van der Waals surface area contributed by atoms with Gasteiger partial charge < -0.3 is 24.8 Å². The summed E-state index contributed by atoms with van der Waals surface area (Å²) >= 11 is 0. The SMILES string of the molecule is CC(C)C[C@@](C)(COc1ccc(-c2ccnc(NC3CCCOC3)c2)cc1C(F)(F)F)NC(=O)OC(C)(C)C. The van der Waals surface area contributed by atoms with Crippen LogP contribution in [0.4, 0.5) is 23.8 Å². The number of nitrogens with zero attached hydrogens (tertiary/aromatic N) is 1. The highest BCUT2D eigenvalue weighted by molar-refractivity contribution is 5.69. The van der Waals surface area contributed by atoms with Gasteiger partial charge in [0.1, 0.15) is 23.8 Å². The highest BCUT2D eigenvalue weighted by Gasteiger charge is 2.36. The maximum atomic E-state index is 14.1. The summed E-state index contributed by atoms with van der Waals surface area (Å²) in [4.78, 5) is 16.8. The number of rotatable bonds is 9. The summed E-state index contributed by atoms with van der Waals surface area (Å²) in [6, 6.07) is 7.51. The third-order valence-corrected chi connectivity index (χ3v) is 6.10. The highest BCUT2D eigenvalue weighted by atomic mass is 19.4. The molecule has 1 aromatic carbocycles. The first-order valence-corrected chi connectivity index (χ1v) is 13.3. The van der Waals surface area contributed by atoms with Crippen molar-refractivity contribution >= 4 is 11.9 Å². The molecular formula is C29H40F3N3O4. The highest BCUT2D eigenvalue weighted by Crippen LogP contribution is 2.39. The van der Waals surface area contributed by atoms with Crippen LogP contribution in [0, 0.1) is 5.92 Å². The van der Waals surface area contributed by atoms with Crippen LogP contribution in [0.3, 0.4) is 0 Å². The van der Waals surface area contributed by atoms with Crippen LogP contribution in [0.15, 0.2) is 36.5 Å². The number of ether oxygens (including phenoxy) is 3. The van der Waals surface area contributed by atoms with Crippen molar-refractivity contribution in [3.05, 3.63) is 42.1 Å². The molecular weight excluding hydrogens is 511 g/mol. The van der Waals surface area contributed by atoms with E-state index in [0.717, 1.165) is 25.5 Å². The minimum atomic E-state index is -4.65. The van der Waals surface area contributed by atoms with Crippen LogP contribution in [-0.2, 0) is 15.7 Å². The van der Waals surface area contributed by atoms with Crippen molar-refractivity contribution in [3.63, 3.8) is 0 Å². The number of benzene rings is 1. The second-order valence-electron chi connectivity index (χ2n) is 11.8. The van der Waals surface area contributed by atoms with E-state index < -0.39 is 29.0 Å². The summed E-state index contributed by atoms with van der Waals surface area (Å²) in [6.45, 7) is 12.0. The van der Waals surface area contributed by atoms with E-state index in [-0.39, 0.29) is 24.3 Å². The molecule has 7 nitrogen and oxygen atoms in total. The quantitative estimate of drug-likeness (QED) is 0.347. The van der Waals surface area contributed by atoms with Crippen LogP contribution in [0.5, 0.6) is 5.75 Å². The van der Waals surface area contributed by atoms with Gasteiger partial charge in [-0.05, 0) is 88.3 Å². The number of alkyl carbamates (subject to hydrolysis) is 1. The van der Waals surface area contributed by atoms with Gasteiger partial charge in [-0.15, -0.1) is 0 Å². The number of nitrogens with one attached hydrogen (secondary N) is 2. The van der Waals surface area contributed by atoms with Crippen molar-refractivity contribution in [2.75, 3.05) is 25.1 Å². The van der Waals surface area contributed by atoms with Gasteiger partial charge in [-0.3, -0.25) is 0 Å². The van der Waals surface area contributed by atoms with Gasteiger partial charge in [0, 0.05) is 12.8 Å². The van der Waals surface area contributed by atoms with E-state index in [2.05, 4.69) is 15.6 Å². The van der Waals surface area contributed by atoms with Gasteiger partial charge in [0.15, 0.2) is 0 Å². The molecule has 1 aliphatic heterocycles. The molecule has 10 heteroatoms. The van der Waals surface area contributed by atoms with Gasteiger partial charge in [-0.25, -0.2) is 9.78 Å². The standard InChI is InChI=1S/C29H40F3N3O4/c1-19(2)16-28(6,35-26(36)39-27(3,4)5)18-38-24-10-9-20(14-23(24)29(30,31)32)21-11-12-33-25(15-21)34-22-8-7-13-37-17-22/h9-12,14-15,19,22H,7-8,13,16-18H2,1-6H3,(H,33,34)(H,35,36)/t22?,28-/m0/s1. The number of hydrogen-bond donors (Lipinski definition) is 2. The van der Waals surface area contributed by atoms with Crippen molar-refractivity contribution in [1.82, 2.24) is 10.3 Å². The molecule has 39 heavy (non-hydrogen) atoms. The molecule has 0 aliphatic carbocycles. The fourth-order valence-corrected chi connectivity index (χ4v) is 4.64. The Morgan fingerprint density at radius 2 is 1.85 bits per heavy atom. The average Bonchev–Trinajstić information content (AvgIpc) is 2.81. The van der Waals surface area contributed by atoms with E-state index in [4.69, 9.17) is 14.2 Å². The summed E-state index contributed by atoms with van der Waals surface area (Å²) in [5.41, 5.74) is -1.58. The van der Waals surface area contributed by atoms with Crippen LogP contribution in [0.2, 0.25) is 0 Å². The first-order chi connectivity index (χ1) is 18.1. The van der Waals surface area contributed by atoms with Crippen molar-refractivity contribution in [2.45, 2.75) is 84.2 Å². The molecule has 0 spiro atoms. The maximum absolute atomic E-state index is 14.1. The molecule has 2 N–H and O–H groups in total. The monoisotopic (exact) mass is 551 g/mol. The zero-order chi connectivity index (χ0) is 28.8. The summed E-state index contributed by atoms with van der Waals surface area (Å²) in [5, 5.41) is 6.10. The molecule has 2 heterocycles. The van der Waals surface area contributed by atoms with Crippen LogP contribution >= 0.6 is 0 Å². The number of anilines is 1. The number of alkyl halides is 3. The van der Waals surface area contributed by atoms with E-state index in [0.29, 0.717) is 30.0 Å². The Labute approximate surface area is 228 Å². The lowest BCUT2D eigenvalue weighted by Gasteiger charge is -2.33. The summed E-state index contributed by atoms with van der Waals surface area (Å²) in [7, 11) is 0. The third kappa shape index (κ3) is 9.60. The van der Waals surface area contributed by atoms with Crippen LogP contribution in [-0.4, -0.2) is 48.1 Å². The number of pyridine rings is 1. The molecule has 0 bridgehead atoms. The lowest BCUT2D eigenvalue weighted by molar-refractivity contribution is -0.139. The van der Waals surface area contributed by atoms with Crippen LogP contribution in [0.25, 0.3) is 11.1 Å². The van der Waals surface area contributed by atoms with Gasteiger partial charge in [-0.1, -0.05) is 19.9 Å². The smallest absolute Gasteiger partial charge is 0.419 e. The number of hydrogen-bond acceptors (Lipinski definition) is 6. The number of amides is 1. The molecule has 2 atom stereocenters. The van der Waals surface area contributed by atoms with Crippen molar-refractivity contribution in [1.29, 1.82) is 0 Å².